The van der Waals surface area contributed by atoms with Gasteiger partial charge in [0, 0.05) is 17.8 Å². The maximum atomic E-state index is 5.98. The number of nitrogens with zero attached hydrogens (tertiary/aromatic N) is 2. The summed E-state index contributed by atoms with van der Waals surface area (Å²) in [5.41, 5.74) is 3.56. The number of methoxy groups -OCH3 is 2. The van der Waals surface area contributed by atoms with E-state index in [1.54, 1.807) is 32.6 Å². The molecule has 1 N–H and O–H groups in total. The Bertz CT molecular complexity index is 640. The number of halogens is 2. The molecule has 0 atom stereocenters. The molecular formula is C14H13Cl2N3O2. The van der Waals surface area contributed by atoms with Gasteiger partial charge in [0.25, 0.3) is 0 Å². The molecule has 2 aromatic rings. The molecular weight excluding hydrogens is 313 g/mol. The molecule has 0 spiro atoms. The molecule has 0 amide bonds. The minimum Gasteiger partial charge on any atom is -0.497 e. The lowest BCUT2D eigenvalue weighted by atomic mass is 10.2. The molecule has 0 saturated heterocycles. The summed E-state index contributed by atoms with van der Waals surface area (Å²) >= 11 is 11.8. The van der Waals surface area contributed by atoms with Crippen LogP contribution in [-0.2, 0) is 0 Å². The van der Waals surface area contributed by atoms with E-state index >= 15 is 0 Å². The van der Waals surface area contributed by atoms with Crippen LogP contribution < -0.4 is 14.9 Å². The number of nitrogens with one attached hydrogen (secondary N) is 1. The Morgan fingerprint density at radius 2 is 1.76 bits per heavy atom. The van der Waals surface area contributed by atoms with Gasteiger partial charge in [-0.25, -0.2) is 4.98 Å². The minimum absolute atomic E-state index is 0.392. The lowest BCUT2D eigenvalue weighted by Crippen LogP contribution is -1.95. The predicted molar refractivity (Wildman–Crippen MR) is 85.0 cm³/mol. The minimum atomic E-state index is 0.392. The first kappa shape index (κ1) is 15.4. The van der Waals surface area contributed by atoms with E-state index in [0.29, 0.717) is 27.4 Å². The van der Waals surface area contributed by atoms with E-state index in [2.05, 4.69) is 15.5 Å². The van der Waals surface area contributed by atoms with Crippen molar-refractivity contribution in [3.05, 3.63) is 46.1 Å². The molecule has 0 aliphatic carbocycles. The maximum absolute atomic E-state index is 5.98. The van der Waals surface area contributed by atoms with E-state index in [-0.39, 0.29) is 0 Å². The molecule has 0 aliphatic rings. The number of hydrogen-bond donors (Lipinski definition) is 1. The second-order valence-electron chi connectivity index (χ2n) is 4.00. The van der Waals surface area contributed by atoms with E-state index < -0.39 is 0 Å². The van der Waals surface area contributed by atoms with Crippen LogP contribution in [0.2, 0.25) is 10.0 Å². The van der Waals surface area contributed by atoms with Gasteiger partial charge in [0.15, 0.2) is 5.82 Å². The summed E-state index contributed by atoms with van der Waals surface area (Å²) in [6.45, 7) is 0. The summed E-state index contributed by atoms with van der Waals surface area (Å²) < 4.78 is 10.4. The lowest BCUT2D eigenvalue weighted by Gasteiger charge is -2.06. The molecule has 0 radical (unpaired) electrons. The Kier molecular flexibility index (Phi) is 5.25. The summed E-state index contributed by atoms with van der Waals surface area (Å²) in [7, 11) is 3.18. The van der Waals surface area contributed by atoms with E-state index in [4.69, 9.17) is 32.7 Å². The lowest BCUT2D eigenvalue weighted by molar-refractivity contribution is 0.394. The molecule has 1 heterocycles. The molecule has 0 bridgehead atoms. The second-order valence-corrected chi connectivity index (χ2v) is 4.84. The Morgan fingerprint density at radius 1 is 1.10 bits per heavy atom. The second kappa shape index (κ2) is 7.15. The monoisotopic (exact) mass is 325 g/mol. The van der Waals surface area contributed by atoms with Gasteiger partial charge in [-0.2, -0.15) is 5.10 Å². The number of rotatable bonds is 5. The number of hydrogen-bond acceptors (Lipinski definition) is 5. The highest BCUT2D eigenvalue weighted by Gasteiger charge is 2.02. The van der Waals surface area contributed by atoms with Crippen LogP contribution in [0.3, 0.4) is 0 Å². The quantitative estimate of drug-likeness (QED) is 0.670. The highest BCUT2D eigenvalue weighted by atomic mass is 35.5. The molecule has 2 rings (SSSR count). The van der Waals surface area contributed by atoms with Crippen molar-refractivity contribution in [2.45, 2.75) is 0 Å². The molecule has 7 heteroatoms. The van der Waals surface area contributed by atoms with Crippen molar-refractivity contribution in [2.75, 3.05) is 19.6 Å². The van der Waals surface area contributed by atoms with Crippen LogP contribution in [0, 0.1) is 0 Å². The molecule has 0 saturated carbocycles. The Morgan fingerprint density at radius 3 is 2.33 bits per heavy atom. The molecule has 5 nitrogen and oxygen atoms in total. The highest BCUT2D eigenvalue weighted by Crippen LogP contribution is 2.23. The smallest absolute Gasteiger partial charge is 0.165 e. The number of pyridine rings is 1. The van der Waals surface area contributed by atoms with Gasteiger partial charge in [0.2, 0.25) is 0 Å². The van der Waals surface area contributed by atoms with Crippen molar-refractivity contribution < 1.29 is 9.47 Å². The summed E-state index contributed by atoms with van der Waals surface area (Å²) in [6.07, 6.45) is 3.09. The van der Waals surface area contributed by atoms with Crippen molar-refractivity contribution in [1.82, 2.24) is 4.98 Å². The van der Waals surface area contributed by atoms with Gasteiger partial charge in [-0.1, -0.05) is 23.2 Å². The predicted octanol–water partition coefficient (Wildman–Crippen LogP) is 3.85. The molecule has 110 valence electrons. The summed E-state index contributed by atoms with van der Waals surface area (Å²) in [5, 5.41) is 4.93. The fourth-order valence-electron chi connectivity index (χ4n) is 1.57. The van der Waals surface area contributed by atoms with E-state index in [9.17, 15) is 0 Å². The average Bonchev–Trinajstić information content (AvgIpc) is 2.49. The largest absolute Gasteiger partial charge is 0.497 e. The highest BCUT2D eigenvalue weighted by molar-refractivity contribution is 6.35. The van der Waals surface area contributed by atoms with Crippen LogP contribution in [0.4, 0.5) is 5.82 Å². The first-order valence-electron chi connectivity index (χ1n) is 5.95. The van der Waals surface area contributed by atoms with Crippen LogP contribution in [0.5, 0.6) is 11.5 Å². The van der Waals surface area contributed by atoms with Crippen LogP contribution in [0.1, 0.15) is 5.56 Å². The first-order valence-corrected chi connectivity index (χ1v) is 6.71. The van der Waals surface area contributed by atoms with Gasteiger partial charge in [-0.3, -0.25) is 5.43 Å². The Labute approximate surface area is 132 Å². The van der Waals surface area contributed by atoms with Crippen LogP contribution >= 0.6 is 23.2 Å². The van der Waals surface area contributed by atoms with Gasteiger partial charge < -0.3 is 9.47 Å². The number of hydrazone groups is 1. The van der Waals surface area contributed by atoms with E-state index in [0.717, 1.165) is 5.56 Å². The van der Waals surface area contributed by atoms with Crippen LogP contribution in [-0.4, -0.2) is 25.4 Å². The maximum Gasteiger partial charge on any atom is 0.165 e. The molecule has 0 fully saturated rings. The van der Waals surface area contributed by atoms with Crippen LogP contribution in [0.15, 0.2) is 35.6 Å². The standard InChI is InChI=1S/C14H13Cl2N3O2/c1-20-11-3-9(4-12(6-11)21-2)7-18-19-14-13(16)5-10(15)8-17-14/h3-8H,1-2H3,(H,17,19)/b18-7+. The first-order chi connectivity index (χ1) is 10.1. The van der Waals surface area contributed by atoms with Crippen molar-refractivity contribution in [2.24, 2.45) is 5.10 Å². The number of aromatic nitrogens is 1. The number of anilines is 1. The van der Waals surface area contributed by atoms with Crippen molar-refractivity contribution in [1.29, 1.82) is 0 Å². The number of ether oxygens (including phenoxy) is 2. The van der Waals surface area contributed by atoms with Gasteiger partial charge >= 0.3 is 0 Å². The Balaban J connectivity index is 2.14. The van der Waals surface area contributed by atoms with E-state index in [1.807, 2.05) is 12.1 Å². The third-order valence-electron chi connectivity index (χ3n) is 2.57. The summed E-state index contributed by atoms with van der Waals surface area (Å²) in [6, 6.07) is 7.01. The van der Waals surface area contributed by atoms with Gasteiger partial charge in [0.05, 0.1) is 30.5 Å². The molecule has 0 unspecified atom stereocenters. The van der Waals surface area contributed by atoms with Crippen LogP contribution in [0.25, 0.3) is 0 Å². The van der Waals surface area contributed by atoms with Crippen molar-refractivity contribution in [3.8, 4) is 11.5 Å². The molecule has 21 heavy (non-hydrogen) atoms. The van der Waals surface area contributed by atoms with Gasteiger partial charge in [-0.05, 0) is 18.2 Å². The fraction of sp³-hybridized carbons (Fsp3) is 0.143. The SMILES string of the molecule is COc1cc(/C=N/Nc2ncc(Cl)cc2Cl)cc(OC)c1. The molecule has 1 aromatic heterocycles. The average molecular weight is 326 g/mol. The zero-order valence-corrected chi connectivity index (χ0v) is 12.9. The zero-order chi connectivity index (χ0) is 15.2. The topological polar surface area (TPSA) is 55.7 Å². The fourth-order valence-corrected chi connectivity index (χ4v) is 1.99. The zero-order valence-electron chi connectivity index (χ0n) is 11.4. The summed E-state index contributed by atoms with van der Waals surface area (Å²) in [5.74, 6) is 1.78. The third kappa shape index (κ3) is 4.24. The molecule has 0 aliphatic heterocycles. The normalized spacial score (nSPS) is 10.7. The van der Waals surface area contributed by atoms with Gasteiger partial charge in [0.1, 0.15) is 11.5 Å². The summed E-state index contributed by atoms with van der Waals surface area (Å²) in [4.78, 5) is 4.04. The Hall–Kier alpha value is -1.98. The van der Waals surface area contributed by atoms with Crippen molar-refractivity contribution in [3.63, 3.8) is 0 Å². The third-order valence-corrected chi connectivity index (χ3v) is 3.06. The van der Waals surface area contributed by atoms with Crippen molar-refractivity contribution >= 4 is 35.2 Å². The molecule has 1 aromatic carbocycles. The van der Waals surface area contributed by atoms with Gasteiger partial charge in [-0.15, -0.1) is 0 Å². The number of benzene rings is 1. The van der Waals surface area contributed by atoms with E-state index in [1.165, 1.54) is 6.20 Å².